The lowest BCUT2D eigenvalue weighted by Crippen LogP contribution is -2.17. The van der Waals surface area contributed by atoms with E-state index in [1.165, 1.54) is 51.4 Å². The molecule has 2 rings (SSSR count). The number of hydrogen-bond donors (Lipinski definition) is 0. The van der Waals surface area contributed by atoms with Crippen LogP contribution in [-0.4, -0.2) is 18.1 Å². The summed E-state index contributed by atoms with van der Waals surface area (Å²) in [6, 6.07) is 0. The predicted octanol–water partition coefficient (Wildman–Crippen LogP) is 3.74. The van der Waals surface area contributed by atoms with E-state index in [0.29, 0.717) is 11.5 Å². The van der Waals surface area contributed by atoms with Crippen LogP contribution < -0.4 is 0 Å². The van der Waals surface area contributed by atoms with Gasteiger partial charge in [0.2, 0.25) is 0 Å². The molecule has 0 aromatic rings. The highest BCUT2D eigenvalue weighted by Crippen LogP contribution is 2.32. The molecule has 0 amide bonds. The third-order valence-electron chi connectivity index (χ3n) is 3.64. The Morgan fingerprint density at radius 1 is 1.07 bits per heavy atom. The van der Waals surface area contributed by atoms with Crippen molar-refractivity contribution in [2.75, 3.05) is 6.61 Å². The average molecular weight is 217 g/mol. The van der Waals surface area contributed by atoms with Crippen LogP contribution in [0.1, 0.15) is 51.4 Å². The maximum atomic E-state index is 6.18. The Morgan fingerprint density at radius 3 is 2.71 bits per heavy atom. The summed E-state index contributed by atoms with van der Waals surface area (Å²) in [7, 11) is 0. The molecular formula is C12H21ClO. The van der Waals surface area contributed by atoms with Gasteiger partial charge in [-0.15, -0.1) is 11.6 Å². The molecule has 2 heteroatoms. The zero-order chi connectivity index (χ0) is 9.80. The zero-order valence-electron chi connectivity index (χ0n) is 8.88. The highest BCUT2D eigenvalue weighted by atomic mass is 35.5. The van der Waals surface area contributed by atoms with Crippen LogP contribution in [0.25, 0.3) is 0 Å². The van der Waals surface area contributed by atoms with Gasteiger partial charge in [0.25, 0.3) is 0 Å². The second-order valence-electron chi connectivity index (χ2n) is 4.84. The van der Waals surface area contributed by atoms with Gasteiger partial charge in [-0.2, -0.15) is 0 Å². The van der Waals surface area contributed by atoms with Crippen LogP contribution >= 0.6 is 11.6 Å². The summed E-state index contributed by atoms with van der Waals surface area (Å²) in [6.07, 6.45) is 11.0. The second-order valence-corrected chi connectivity index (χ2v) is 5.46. The second kappa shape index (κ2) is 5.37. The molecule has 3 atom stereocenters. The molecule has 1 saturated heterocycles. The van der Waals surface area contributed by atoms with Gasteiger partial charge in [0.15, 0.2) is 0 Å². The van der Waals surface area contributed by atoms with E-state index in [9.17, 15) is 0 Å². The van der Waals surface area contributed by atoms with E-state index in [2.05, 4.69) is 0 Å². The number of rotatable bonds is 3. The molecule has 3 unspecified atom stereocenters. The van der Waals surface area contributed by atoms with Crippen molar-refractivity contribution in [3.63, 3.8) is 0 Å². The van der Waals surface area contributed by atoms with Crippen LogP contribution in [-0.2, 0) is 4.74 Å². The summed E-state index contributed by atoms with van der Waals surface area (Å²) in [6.45, 7) is 0.994. The topological polar surface area (TPSA) is 9.23 Å². The number of alkyl halides is 1. The fraction of sp³-hybridized carbons (Fsp3) is 1.00. The average Bonchev–Trinajstić information content (AvgIpc) is 2.67. The summed E-state index contributed by atoms with van der Waals surface area (Å²) in [5, 5.41) is 0.457. The Balaban J connectivity index is 1.64. The molecular weight excluding hydrogens is 196 g/mol. The van der Waals surface area contributed by atoms with Crippen molar-refractivity contribution in [2.24, 2.45) is 5.92 Å². The van der Waals surface area contributed by atoms with Gasteiger partial charge in [0, 0.05) is 12.0 Å². The maximum Gasteiger partial charge on any atom is 0.0576 e. The molecule has 0 radical (unpaired) electrons. The van der Waals surface area contributed by atoms with Crippen LogP contribution in [0.2, 0.25) is 0 Å². The molecule has 82 valence electrons. The molecule has 0 aromatic carbocycles. The van der Waals surface area contributed by atoms with Crippen molar-refractivity contribution in [3.8, 4) is 0 Å². The molecule has 1 saturated carbocycles. The van der Waals surface area contributed by atoms with E-state index in [0.717, 1.165) is 12.5 Å². The first-order valence-electron chi connectivity index (χ1n) is 6.10. The molecule has 14 heavy (non-hydrogen) atoms. The molecule has 1 nitrogen and oxygen atoms in total. The van der Waals surface area contributed by atoms with Crippen molar-refractivity contribution < 1.29 is 4.74 Å². The zero-order valence-corrected chi connectivity index (χ0v) is 9.64. The van der Waals surface area contributed by atoms with E-state index in [-0.39, 0.29) is 0 Å². The lowest BCUT2D eigenvalue weighted by Gasteiger charge is -2.26. The predicted molar refractivity (Wildman–Crippen MR) is 59.8 cm³/mol. The van der Waals surface area contributed by atoms with E-state index >= 15 is 0 Å². The van der Waals surface area contributed by atoms with Crippen molar-refractivity contribution in [3.05, 3.63) is 0 Å². The smallest absolute Gasteiger partial charge is 0.0576 e. The van der Waals surface area contributed by atoms with Crippen LogP contribution in [0.4, 0.5) is 0 Å². The Bertz CT molecular complexity index is 166. The third-order valence-corrected chi connectivity index (χ3v) is 4.04. The van der Waals surface area contributed by atoms with E-state index < -0.39 is 0 Å². The summed E-state index contributed by atoms with van der Waals surface area (Å²) in [4.78, 5) is 0. The van der Waals surface area contributed by atoms with Crippen LogP contribution in [0, 0.1) is 5.92 Å². The highest BCUT2D eigenvalue weighted by molar-refractivity contribution is 6.20. The first-order chi connectivity index (χ1) is 6.84. The fourth-order valence-electron chi connectivity index (χ4n) is 2.78. The lowest BCUT2D eigenvalue weighted by atomic mass is 9.85. The minimum Gasteiger partial charge on any atom is -0.378 e. The summed E-state index contributed by atoms with van der Waals surface area (Å²) in [5.41, 5.74) is 0. The lowest BCUT2D eigenvalue weighted by molar-refractivity contribution is 0.0959. The van der Waals surface area contributed by atoms with E-state index in [1.54, 1.807) is 0 Å². The number of hydrogen-bond acceptors (Lipinski definition) is 1. The molecule has 0 spiro atoms. The minimum atomic E-state index is 0.457. The third kappa shape index (κ3) is 3.13. The van der Waals surface area contributed by atoms with Crippen molar-refractivity contribution >= 4 is 11.6 Å². The van der Waals surface area contributed by atoms with E-state index in [1.807, 2.05) is 0 Å². The summed E-state index contributed by atoms with van der Waals surface area (Å²) >= 11 is 6.18. The molecule has 0 aromatic heterocycles. The normalized spacial score (nSPS) is 38.8. The number of ether oxygens (including phenoxy) is 1. The molecule has 1 aliphatic carbocycles. The number of halogens is 1. The molecule has 0 N–H and O–H groups in total. The van der Waals surface area contributed by atoms with Crippen molar-refractivity contribution in [1.82, 2.24) is 0 Å². The van der Waals surface area contributed by atoms with Gasteiger partial charge >= 0.3 is 0 Å². The standard InChI is InChI=1S/C12H21ClO/c13-11-4-1-3-10(9-11)6-7-12-5-2-8-14-12/h10-12H,1-9H2. The van der Waals surface area contributed by atoms with Crippen molar-refractivity contribution in [2.45, 2.75) is 62.8 Å². The molecule has 1 heterocycles. The molecule has 2 aliphatic rings. The highest BCUT2D eigenvalue weighted by Gasteiger charge is 2.22. The van der Waals surface area contributed by atoms with Crippen LogP contribution in [0.5, 0.6) is 0 Å². The van der Waals surface area contributed by atoms with Crippen LogP contribution in [0.15, 0.2) is 0 Å². The molecule has 1 aliphatic heterocycles. The van der Waals surface area contributed by atoms with Gasteiger partial charge in [0.05, 0.1) is 6.10 Å². The van der Waals surface area contributed by atoms with E-state index in [4.69, 9.17) is 16.3 Å². The van der Waals surface area contributed by atoms with Gasteiger partial charge in [-0.3, -0.25) is 0 Å². The summed E-state index contributed by atoms with van der Waals surface area (Å²) < 4.78 is 5.64. The molecule has 0 bridgehead atoms. The Morgan fingerprint density at radius 2 is 2.00 bits per heavy atom. The maximum absolute atomic E-state index is 6.18. The van der Waals surface area contributed by atoms with Gasteiger partial charge in [-0.25, -0.2) is 0 Å². The SMILES string of the molecule is ClC1CCCC(CCC2CCCO2)C1. The first-order valence-corrected chi connectivity index (χ1v) is 6.54. The minimum absolute atomic E-state index is 0.457. The largest absolute Gasteiger partial charge is 0.378 e. The quantitative estimate of drug-likeness (QED) is 0.653. The van der Waals surface area contributed by atoms with Crippen LogP contribution in [0.3, 0.4) is 0 Å². The monoisotopic (exact) mass is 216 g/mol. The summed E-state index contributed by atoms with van der Waals surface area (Å²) in [5.74, 6) is 0.885. The van der Waals surface area contributed by atoms with Gasteiger partial charge < -0.3 is 4.74 Å². The van der Waals surface area contributed by atoms with Gasteiger partial charge in [-0.05, 0) is 44.4 Å². The van der Waals surface area contributed by atoms with Gasteiger partial charge in [0.1, 0.15) is 0 Å². The van der Waals surface area contributed by atoms with Crippen molar-refractivity contribution in [1.29, 1.82) is 0 Å². The fourth-order valence-corrected chi connectivity index (χ4v) is 3.19. The first kappa shape index (κ1) is 10.8. The Kier molecular flexibility index (Phi) is 4.12. The Hall–Kier alpha value is 0.250. The molecule has 2 fully saturated rings. The van der Waals surface area contributed by atoms with Gasteiger partial charge in [-0.1, -0.05) is 12.8 Å². The Labute approximate surface area is 92.2 Å².